The molecule has 0 saturated heterocycles. The van der Waals surface area contributed by atoms with E-state index in [0.29, 0.717) is 16.5 Å². The Labute approximate surface area is 182 Å². The summed E-state index contributed by atoms with van der Waals surface area (Å²) in [5, 5.41) is 23.8. The summed E-state index contributed by atoms with van der Waals surface area (Å²) < 4.78 is 10.2. The number of allylic oxidation sites excluding steroid dienone is 1. The highest BCUT2D eigenvalue weighted by atomic mass is 32.1. The van der Waals surface area contributed by atoms with Crippen LogP contribution in [0.1, 0.15) is 37.2 Å². The molecule has 2 aromatic heterocycles. The third-order valence-electron chi connectivity index (χ3n) is 4.90. The fourth-order valence-electron chi connectivity index (χ4n) is 3.14. The summed E-state index contributed by atoms with van der Waals surface area (Å²) in [5.41, 5.74) is 5.45. The zero-order valence-corrected chi connectivity index (χ0v) is 18.1. The van der Waals surface area contributed by atoms with Crippen molar-refractivity contribution in [1.29, 1.82) is 0 Å². The maximum absolute atomic E-state index is 12.6. The lowest BCUT2D eigenvalue weighted by molar-refractivity contribution is 0.0165. The Kier molecular flexibility index (Phi) is 7.02. The molecule has 0 radical (unpaired) electrons. The van der Waals surface area contributed by atoms with Crippen LogP contribution in [0, 0.1) is 5.92 Å². The van der Waals surface area contributed by atoms with Crippen LogP contribution < -0.4 is 26.7 Å². The van der Waals surface area contributed by atoms with Crippen LogP contribution in [0.15, 0.2) is 32.5 Å². The second-order valence-corrected chi connectivity index (χ2v) is 8.00. The van der Waals surface area contributed by atoms with Gasteiger partial charge in [0.25, 0.3) is 5.91 Å². The van der Waals surface area contributed by atoms with E-state index < -0.39 is 17.6 Å². The maximum Gasteiger partial charge on any atom is 0.381 e. The average Bonchev–Trinajstić information content (AvgIpc) is 3.13. The Bertz CT molecular complexity index is 1060. The predicted octanol–water partition coefficient (Wildman–Crippen LogP) is 1.89. The molecule has 12 heteroatoms. The fraction of sp³-hybridized carbons (Fsp3) is 0.421. The minimum absolute atomic E-state index is 0.0480. The van der Waals surface area contributed by atoms with Crippen LogP contribution in [0.25, 0.3) is 0 Å². The van der Waals surface area contributed by atoms with Gasteiger partial charge in [0.15, 0.2) is 5.76 Å². The molecular weight excluding hydrogens is 424 g/mol. The average molecular weight is 449 g/mol. The number of aliphatic hydroxyl groups excluding tert-OH is 1. The lowest BCUT2D eigenvalue weighted by atomic mass is 9.77. The Hall–Kier alpha value is -3.25. The zero-order chi connectivity index (χ0) is 22.5. The highest BCUT2D eigenvalue weighted by molar-refractivity contribution is 7.18. The van der Waals surface area contributed by atoms with Gasteiger partial charge in [-0.2, -0.15) is 0 Å². The molecule has 31 heavy (non-hydrogen) atoms. The van der Waals surface area contributed by atoms with Crippen molar-refractivity contribution >= 4 is 38.9 Å². The number of carbonyl (C=O) groups excluding carboxylic acids is 1. The van der Waals surface area contributed by atoms with Crippen molar-refractivity contribution < 1.29 is 19.1 Å². The first-order valence-electron chi connectivity index (χ1n) is 9.57. The van der Waals surface area contributed by atoms with E-state index in [9.17, 15) is 14.7 Å². The summed E-state index contributed by atoms with van der Waals surface area (Å²) >= 11 is 1.05. The molecule has 0 bridgehead atoms. The van der Waals surface area contributed by atoms with Gasteiger partial charge in [0.1, 0.15) is 0 Å². The molecule has 1 fully saturated rings. The Morgan fingerprint density at radius 3 is 2.87 bits per heavy atom. The van der Waals surface area contributed by atoms with Crippen molar-refractivity contribution in [2.45, 2.75) is 38.8 Å². The molecule has 1 amide bonds. The van der Waals surface area contributed by atoms with E-state index in [1.165, 1.54) is 19.4 Å². The SMILES string of the molecule is COc1c(NC(C)[C@@H]2CC[C@@H]2O)cc(C(=O)Nc2nnc(/N=C(C)/C=C\N)s2)oc1=O. The normalized spacial score (nSPS) is 19.7. The van der Waals surface area contributed by atoms with E-state index in [4.69, 9.17) is 14.9 Å². The summed E-state index contributed by atoms with van der Waals surface area (Å²) in [6.45, 7) is 3.64. The first-order valence-corrected chi connectivity index (χ1v) is 10.4. The van der Waals surface area contributed by atoms with Crippen LogP contribution in [-0.4, -0.2) is 46.2 Å². The third-order valence-corrected chi connectivity index (χ3v) is 5.63. The van der Waals surface area contributed by atoms with Gasteiger partial charge in [0.2, 0.25) is 16.0 Å². The predicted molar refractivity (Wildman–Crippen MR) is 117 cm³/mol. The molecule has 2 aromatic rings. The number of rotatable bonds is 8. The van der Waals surface area contributed by atoms with Gasteiger partial charge in [0.05, 0.1) is 18.9 Å². The lowest BCUT2D eigenvalue weighted by Gasteiger charge is -2.37. The molecule has 1 aliphatic rings. The van der Waals surface area contributed by atoms with Gasteiger partial charge in [-0.3, -0.25) is 10.1 Å². The van der Waals surface area contributed by atoms with Crippen molar-refractivity contribution in [3.63, 3.8) is 0 Å². The number of carbonyl (C=O) groups is 1. The number of aromatic nitrogens is 2. The highest BCUT2D eigenvalue weighted by Crippen LogP contribution is 2.33. The van der Waals surface area contributed by atoms with Crippen LogP contribution in [0.4, 0.5) is 16.0 Å². The number of aliphatic hydroxyl groups is 1. The molecule has 0 aromatic carbocycles. The molecule has 2 heterocycles. The molecule has 3 rings (SSSR count). The quantitative estimate of drug-likeness (QED) is 0.441. The number of aliphatic imine (C=N–C) groups is 1. The van der Waals surface area contributed by atoms with E-state index in [1.807, 2.05) is 6.92 Å². The van der Waals surface area contributed by atoms with E-state index in [1.54, 1.807) is 13.0 Å². The van der Waals surface area contributed by atoms with Crippen LogP contribution in [-0.2, 0) is 0 Å². The van der Waals surface area contributed by atoms with Gasteiger partial charge in [-0.15, -0.1) is 10.2 Å². The summed E-state index contributed by atoms with van der Waals surface area (Å²) in [7, 11) is 1.34. The number of anilines is 2. The number of ether oxygens (including phenoxy) is 1. The van der Waals surface area contributed by atoms with Crippen molar-refractivity contribution in [3.05, 3.63) is 34.5 Å². The Morgan fingerprint density at radius 1 is 1.48 bits per heavy atom. The third kappa shape index (κ3) is 5.27. The second-order valence-electron chi connectivity index (χ2n) is 7.04. The number of hydrogen-bond acceptors (Lipinski definition) is 11. The van der Waals surface area contributed by atoms with Crippen LogP contribution in [0.2, 0.25) is 0 Å². The van der Waals surface area contributed by atoms with E-state index >= 15 is 0 Å². The molecule has 1 unspecified atom stereocenters. The molecule has 1 saturated carbocycles. The minimum atomic E-state index is -0.800. The molecule has 0 spiro atoms. The first-order chi connectivity index (χ1) is 14.8. The number of methoxy groups -OCH3 is 1. The number of amides is 1. The van der Waals surface area contributed by atoms with Crippen LogP contribution in [0.5, 0.6) is 5.75 Å². The van der Waals surface area contributed by atoms with Gasteiger partial charge < -0.3 is 25.3 Å². The van der Waals surface area contributed by atoms with Gasteiger partial charge in [-0.25, -0.2) is 9.79 Å². The van der Waals surface area contributed by atoms with Gasteiger partial charge in [0, 0.05) is 23.7 Å². The van der Waals surface area contributed by atoms with Crippen molar-refractivity contribution in [2.24, 2.45) is 16.6 Å². The largest absolute Gasteiger partial charge is 0.488 e. The Balaban J connectivity index is 1.78. The van der Waals surface area contributed by atoms with E-state index in [-0.39, 0.29) is 28.6 Å². The van der Waals surface area contributed by atoms with Crippen molar-refractivity contribution in [1.82, 2.24) is 10.2 Å². The number of nitrogens with zero attached hydrogens (tertiary/aromatic N) is 3. The highest BCUT2D eigenvalue weighted by Gasteiger charge is 2.34. The summed E-state index contributed by atoms with van der Waals surface area (Å²) in [6.07, 6.45) is 4.17. The maximum atomic E-state index is 12.6. The van der Waals surface area contributed by atoms with Crippen LogP contribution in [0.3, 0.4) is 0 Å². The molecule has 3 atom stereocenters. The summed E-state index contributed by atoms with van der Waals surface area (Å²) in [4.78, 5) is 29.1. The number of nitrogens with two attached hydrogens (primary N) is 1. The molecular formula is C19H24N6O5S. The molecule has 166 valence electrons. The molecule has 5 N–H and O–H groups in total. The monoisotopic (exact) mass is 448 g/mol. The topological polar surface area (TPSA) is 165 Å². The van der Waals surface area contributed by atoms with Crippen molar-refractivity contribution in [3.8, 4) is 5.75 Å². The summed E-state index contributed by atoms with van der Waals surface area (Å²) in [6, 6.07) is 1.25. The standard InChI is InChI=1S/C19H24N6O5S/c1-9(6-7-20)21-18-24-25-19(31-18)23-16(27)14-8-12(15(29-3)17(28)30-14)22-10(2)11-4-5-13(11)26/h6-8,10-11,13,22,26H,4-5,20H2,1-3H3,(H,23,25,27)/b7-6-,21-9+/t10?,11-,13-/m0/s1. The molecule has 1 aliphatic carbocycles. The minimum Gasteiger partial charge on any atom is -0.488 e. The number of hydrogen-bond donors (Lipinski definition) is 4. The number of nitrogens with one attached hydrogen (secondary N) is 2. The van der Waals surface area contributed by atoms with Gasteiger partial charge in [-0.1, -0.05) is 11.3 Å². The van der Waals surface area contributed by atoms with Crippen molar-refractivity contribution in [2.75, 3.05) is 17.7 Å². The molecule has 11 nitrogen and oxygen atoms in total. The second kappa shape index (κ2) is 9.71. The van der Waals surface area contributed by atoms with Gasteiger partial charge >= 0.3 is 5.63 Å². The van der Waals surface area contributed by atoms with E-state index in [0.717, 1.165) is 24.2 Å². The van der Waals surface area contributed by atoms with Crippen LogP contribution >= 0.6 is 11.3 Å². The lowest BCUT2D eigenvalue weighted by Crippen LogP contribution is -2.42. The summed E-state index contributed by atoms with van der Waals surface area (Å²) in [5.74, 6) is -0.901. The Morgan fingerprint density at radius 2 is 2.26 bits per heavy atom. The molecule has 0 aliphatic heterocycles. The zero-order valence-electron chi connectivity index (χ0n) is 17.3. The fourth-order valence-corrected chi connectivity index (χ4v) is 3.81. The van der Waals surface area contributed by atoms with E-state index in [2.05, 4.69) is 25.8 Å². The first kappa shape index (κ1) is 22.4. The smallest absolute Gasteiger partial charge is 0.381 e. The van der Waals surface area contributed by atoms with Gasteiger partial charge in [-0.05, 0) is 39.0 Å².